The predicted molar refractivity (Wildman–Crippen MR) is 192 cm³/mol. The predicted octanol–water partition coefficient (Wildman–Crippen LogP) is 5.41. The highest BCUT2D eigenvalue weighted by molar-refractivity contribution is 8.77. The SMILES string of the molecule is CNC(=O)[C@H](Cc1ccccc1)NC(=O)[C@H](CC(C)C)NC(=O)C(CCCNC(=O)OCc1ccccc1)SSc1ccccc1[N+](=O)[O-]. The Bertz CT molecular complexity index is 1530. The number of amides is 4. The summed E-state index contributed by atoms with van der Waals surface area (Å²) in [6.07, 6.45) is 0.655. The second-order valence-electron chi connectivity index (χ2n) is 11.6. The van der Waals surface area contributed by atoms with Crippen molar-refractivity contribution in [3.63, 3.8) is 0 Å². The summed E-state index contributed by atoms with van der Waals surface area (Å²) in [5.74, 6) is -1.27. The molecule has 1 unspecified atom stereocenters. The zero-order chi connectivity index (χ0) is 35.6. The third-order valence-electron chi connectivity index (χ3n) is 7.24. The molecule has 3 rings (SSSR count). The molecule has 0 fully saturated rings. The molecule has 0 saturated carbocycles. The highest BCUT2D eigenvalue weighted by Gasteiger charge is 2.30. The van der Waals surface area contributed by atoms with Crippen LogP contribution in [0.3, 0.4) is 0 Å². The number of nitrogens with one attached hydrogen (secondary N) is 4. The minimum absolute atomic E-state index is 0.0298. The number of likely N-dealkylation sites (N-methyl/N-ethyl adjacent to an activating group) is 1. The second kappa shape index (κ2) is 20.7. The molecular formula is C35H43N5O7S2. The molecule has 3 aromatic rings. The number of nitro groups is 1. The number of hydrogen-bond acceptors (Lipinski definition) is 9. The lowest BCUT2D eigenvalue weighted by atomic mass is 10.0. The van der Waals surface area contributed by atoms with Crippen molar-refractivity contribution in [2.24, 2.45) is 5.92 Å². The molecule has 0 spiro atoms. The summed E-state index contributed by atoms with van der Waals surface area (Å²) < 4.78 is 5.26. The lowest BCUT2D eigenvalue weighted by molar-refractivity contribution is -0.387. The average molecular weight is 710 g/mol. The van der Waals surface area contributed by atoms with Gasteiger partial charge in [-0.3, -0.25) is 24.5 Å². The van der Waals surface area contributed by atoms with Gasteiger partial charge in [-0.2, -0.15) is 0 Å². The van der Waals surface area contributed by atoms with Crippen LogP contribution < -0.4 is 21.3 Å². The number of ether oxygens (including phenoxy) is 1. The Morgan fingerprint density at radius 2 is 1.43 bits per heavy atom. The highest BCUT2D eigenvalue weighted by Crippen LogP contribution is 2.40. The number of alkyl carbamates (subject to hydrolysis) is 1. The molecule has 0 aliphatic rings. The van der Waals surface area contributed by atoms with E-state index in [4.69, 9.17) is 4.74 Å². The van der Waals surface area contributed by atoms with Crippen LogP contribution >= 0.6 is 21.6 Å². The highest BCUT2D eigenvalue weighted by atomic mass is 33.1. The zero-order valence-corrected chi connectivity index (χ0v) is 29.4. The van der Waals surface area contributed by atoms with Gasteiger partial charge >= 0.3 is 6.09 Å². The molecule has 3 aromatic carbocycles. The van der Waals surface area contributed by atoms with Gasteiger partial charge in [0.1, 0.15) is 18.7 Å². The molecule has 0 aromatic heterocycles. The van der Waals surface area contributed by atoms with E-state index in [0.29, 0.717) is 17.7 Å². The molecule has 12 nitrogen and oxygen atoms in total. The summed E-state index contributed by atoms with van der Waals surface area (Å²) in [5, 5.41) is 21.8. The molecule has 4 N–H and O–H groups in total. The van der Waals surface area contributed by atoms with Gasteiger partial charge < -0.3 is 26.0 Å². The van der Waals surface area contributed by atoms with Crippen LogP contribution in [0.4, 0.5) is 10.5 Å². The molecule has 0 saturated heterocycles. The van der Waals surface area contributed by atoms with Gasteiger partial charge in [-0.15, -0.1) is 0 Å². The molecule has 0 aliphatic carbocycles. The van der Waals surface area contributed by atoms with Crippen LogP contribution in [0.5, 0.6) is 0 Å². The fourth-order valence-corrected chi connectivity index (χ4v) is 7.37. The molecule has 0 radical (unpaired) electrons. The summed E-state index contributed by atoms with van der Waals surface area (Å²) in [5.41, 5.74) is 1.62. The van der Waals surface area contributed by atoms with Crippen molar-refractivity contribution in [2.45, 2.75) is 68.4 Å². The molecule has 49 heavy (non-hydrogen) atoms. The van der Waals surface area contributed by atoms with E-state index in [9.17, 15) is 29.3 Å². The van der Waals surface area contributed by atoms with Crippen LogP contribution in [0.2, 0.25) is 0 Å². The maximum absolute atomic E-state index is 13.8. The Kier molecular flexibility index (Phi) is 16.4. The Labute approximate surface area is 294 Å². The summed E-state index contributed by atoms with van der Waals surface area (Å²) in [4.78, 5) is 63.8. The summed E-state index contributed by atoms with van der Waals surface area (Å²) >= 11 is 0. The van der Waals surface area contributed by atoms with Gasteiger partial charge in [0, 0.05) is 26.1 Å². The first-order valence-electron chi connectivity index (χ1n) is 15.9. The number of hydrogen-bond donors (Lipinski definition) is 4. The van der Waals surface area contributed by atoms with E-state index in [1.54, 1.807) is 18.2 Å². The standard InChI is InChI=1S/C35H43N5O7S2/c1-24(2)21-27(33(42)38-28(32(41)36-3)22-25-13-6-4-7-14-25)39-34(43)31(49-48-30-18-11-10-17-29(30)40(45)46)19-12-20-37-35(44)47-23-26-15-8-5-9-16-26/h4-11,13-18,24,27-28,31H,12,19-23H2,1-3H3,(H,36,41)(H,37,44)(H,38,42)(H,39,43)/t27-,28-,31?/m0/s1. The normalized spacial score (nSPS) is 12.7. The smallest absolute Gasteiger partial charge is 0.407 e. The first-order valence-corrected chi connectivity index (χ1v) is 18.2. The van der Waals surface area contributed by atoms with E-state index in [0.717, 1.165) is 32.7 Å². The van der Waals surface area contributed by atoms with Crippen LogP contribution in [0.25, 0.3) is 0 Å². The van der Waals surface area contributed by atoms with E-state index < -0.39 is 40.2 Å². The van der Waals surface area contributed by atoms with Crippen LogP contribution in [-0.4, -0.2) is 59.7 Å². The van der Waals surface area contributed by atoms with Crippen LogP contribution in [-0.2, 0) is 32.1 Å². The minimum atomic E-state index is -0.944. The Morgan fingerprint density at radius 1 is 0.816 bits per heavy atom. The van der Waals surface area contributed by atoms with Gasteiger partial charge in [-0.25, -0.2) is 4.79 Å². The van der Waals surface area contributed by atoms with Crippen LogP contribution in [0.1, 0.15) is 44.2 Å². The van der Waals surface area contributed by atoms with Crippen molar-refractivity contribution in [3.05, 3.63) is 106 Å². The fourth-order valence-electron chi connectivity index (χ4n) is 4.74. The van der Waals surface area contributed by atoms with E-state index in [1.165, 1.54) is 13.1 Å². The molecule has 0 bridgehead atoms. The van der Waals surface area contributed by atoms with Crippen molar-refractivity contribution in [2.75, 3.05) is 13.6 Å². The summed E-state index contributed by atoms with van der Waals surface area (Å²) in [6.45, 7) is 4.18. The lowest BCUT2D eigenvalue weighted by Crippen LogP contribution is -2.55. The van der Waals surface area contributed by atoms with E-state index in [-0.39, 0.29) is 43.5 Å². The second-order valence-corrected chi connectivity index (χ2v) is 14.0. The van der Waals surface area contributed by atoms with Gasteiger partial charge in [0.15, 0.2) is 0 Å². The largest absolute Gasteiger partial charge is 0.445 e. The number of nitrogens with zero attached hydrogens (tertiary/aromatic N) is 1. The van der Waals surface area contributed by atoms with E-state index >= 15 is 0 Å². The summed E-state index contributed by atoms with van der Waals surface area (Å²) in [6, 6.07) is 23.0. The lowest BCUT2D eigenvalue weighted by Gasteiger charge is -2.25. The van der Waals surface area contributed by atoms with E-state index in [2.05, 4.69) is 21.3 Å². The Morgan fingerprint density at radius 3 is 2.06 bits per heavy atom. The van der Waals surface area contributed by atoms with Gasteiger partial charge in [0.2, 0.25) is 17.7 Å². The van der Waals surface area contributed by atoms with Crippen molar-refractivity contribution < 1.29 is 28.8 Å². The maximum Gasteiger partial charge on any atom is 0.407 e. The van der Waals surface area contributed by atoms with Gasteiger partial charge in [-0.05, 0) is 53.2 Å². The number of rotatable bonds is 19. The molecule has 262 valence electrons. The monoisotopic (exact) mass is 709 g/mol. The first kappa shape index (κ1) is 38.9. The molecular weight excluding hydrogens is 667 g/mol. The maximum atomic E-state index is 13.8. The molecule has 14 heteroatoms. The van der Waals surface area contributed by atoms with Gasteiger partial charge in [0.25, 0.3) is 5.69 Å². The number of nitro benzene ring substituents is 1. The topological polar surface area (TPSA) is 169 Å². The molecule has 0 heterocycles. The minimum Gasteiger partial charge on any atom is -0.445 e. The summed E-state index contributed by atoms with van der Waals surface area (Å²) in [7, 11) is 3.73. The third-order valence-corrected chi connectivity index (χ3v) is 10.1. The van der Waals surface area contributed by atoms with Gasteiger partial charge in [0.05, 0.1) is 15.1 Å². The number of benzene rings is 3. The number of carbonyl (C=O) groups excluding carboxylic acids is 4. The molecule has 3 atom stereocenters. The zero-order valence-electron chi connectivity index (χ0n) is 27.8. The average Bonchev–Trinajstić information content (AvgIpc) is 3.10. The third kappa shape index (κ3) is 13.8. The van der Waals surface area contributed by atoms with Crippen molar-refractivity contribution in [1.29, 1.82) is 0 Å². The quantitative estimate of drug-likeness (QED) is 0.0550. The van der Waals surface area contributed by atoms with Gasteiger partial charge in [-0.1, -0.05) is 97.4 Å². The molecule has 4 amide bonds. The van der Waals surface area contributed by atoms with Crippen molar-refractivity contribution in [3.8, 4) is 0 Å². The van der Waals surface area contributed by atoms with E-state index in [1.807, 2.05) is 74.5 Å². The Hall–Kier alpha value is -4.56. The van der Waals surface area contributed by atoms with Crippen molar-refractivity contribution in [1.82, 2.24) is 21.3 Å². The first-order chi connectivity index (χ1) is 23.6. The fraction of sp³-hybridized carbons (Fsp3) is 0.371. The number of para-hydroxylation sites is 1. The van der Waals surface area contributed by atoms with Crippen molar-refractivity contribution >= 4 is 51.1 Å². The van der Waals surface area contributed by atoms with Crippen LogP contribution in [0, 0.1) is 16.0 Å². The molecule has 0 aliphatic heterocycles. The van der Waals surface area contributed by atoms with Crippen LogP contribution in [0.15, 0.2) is 89.8 Å². The Balaban J connectivity index is 1.69. The number of carbonyl (C=O) groups is 4.